The van der Waals surface area contributed by atoms with Crippen LogP contribution in [0, 0.1) is 0 Å². The van der Waals surface area contributed by atoms with E-state index in [1.54, 1.807) is 6.20 Å². The Hall–Kier alpha value is -1.90. The highest BCUT2D eigenvalue weighted by atomic mass is 16.1. The average molecular weight is 200 g/mol. The molecule has 1 aromatic heterocycles. The molecule has 1 aliphatic rings. The molecule has 0 aliphatic carbocycles. The van der Waals surface area contributed by atoms with Crippen LogP contribution in [0.4, 0.5) is 5.82 Å². The van der Waals surface area contributed by atoms with Crippen LogP contribution in [0.5, 0.6) is 0 Å². The van der Waals surface area contributed by atoms with E-state index in [2.05, 4.69) is 4.98 Å². The second-order valence-electron chi connectivity index (χ2n) is 3.45. The van der Waals surface area contributed by atoms with Crippen molar-refractivity contribution < 1.29 is 4.79 Å². The summed E-state index contributed by atoms with van der Waals surface area (Å²) >= 11 is 0. The third kappa shape index (κ3) is 1.96. The molecule has 3 heteroatoms. The molecule has 76 valence electrons. The third-order valence-corrected chi connectivity index (χ3v) is 2.31. The zero-order valence-electron chi connectivity index (χ0n) is 8.50. The van der Waals surface area contributed by atoms with Gasteiger partial charge in [0.15, 0.2) is 0 Å². The molecule has 1 unspecified atom stereocenters. The molecular formula is C12H12N2O. The van der Waals surface area contributed by atoms with Crippen LogP contribution in [-0.4, -0.2) is 17.3 Å². The van der Waals surface area contributed by atoms with Gasteiger partial charge < -0.3 is 9.69 Å². The van der Waals surface area contributed by atoms with E-state index in [0.29, 0.717) is 0 Å². The SMILES string of the molecule is CC1=CC(C=O)N(c2ccccn2)C=C1. The van der Waals surface area contributed by atoms with E-state index >= 15 is 0 Å². The Kier molecular flexibility index (Phi) is 2.63. The normalized spacial score (nSPS) is 19.9. The number of rotatable bonds is 2. The lowest BCUT2D eigenvalue weighted by molar-refractivity contribution is -0.108. The predicted molar refractivity (Wildman–Crippen MR) is 59.5 cm³/mol. The molecule has 1 aliphatic heterocycles. The van der Waals surface area contributed by atoms with Gasteiger partial charge in [-0.15, -0.1) is 0 Å². The number of aldehydes is 1. The summed E-state index contributed by atoms with van der Waals surface area (Å²) in [5.41, 5.74) is 1.10. The molecule has 2 heterocycles. The van der Waals surface area contributed by atoms with Crippen molar-refractivity contribution in [1.82, 2.24) is 4.98 Å². The number of nitrogens with zero attached hydrogens (tertiary/aromatic N) is 2. The van der Waals surface area contributed by atoms with Gasteiger partial charge in [0.05, 0.1) is 0 Å². The van der Waals surface area contributed by atoms with Crippen molar-refractivity contribution in [2.45, 2.75) is 13.0 Å². The van der Waals surface area contributed by atoms with Crippen LogP contribution in [0.15, 0.2) is 48.3 Å². The van der Waals surface area contributed by atoms with E-state index in [4.69, 9.17) is 0 Å². The molecule has 1 atom stereocenters. The molecule has 0 bridgehead atoms. The minimum atomic E-state index is -0.245. The van der Waals surface area contributed by atoms with E-state index < -0.39 is 0 Å². The number of hydrogen-bond donors (Lipinski definition) is 0. The summed E-state index contributed by atoms with van der Waals surface area (Å²) < 4.78 is 0. The Morgan fingerprint density at radius 3 is 3.00 bits per heavy atom. The van der Waals surface area contributed by atoms with Crippen LogP contribution in [0.1, 0.15) is 6.92 Å². The van der Waals surface area contributed by atoms with Gasteiger partial charge in [-0.2, -0.15) is 0 Å². The zero-order valence-corrected chi connectivity index (χ0v) is 8.50. The monoisotopic (exact) mass is 200 g/mol. The molecular weight excluding hydrogens is 188 g/mol. The van der Waals surface area contributed by atoms with Crippen LogP contribution in [0.2, 0.25) is 0 Å². The number of carbonyl (C=O) groups excluding carboxylic acids is 1. The molecule has 0 amide bonds. The molecule has 2 rings (SSSR count). The highest BCUT2D eigenvalue weighted by Crippen LogP contribution is 2.18. The fourth-order valence-corrected chi connectivity index (χ4v) is 1.54. The van der Waals surface area contributed by atoms with Crippen LogP contribution in [0.25, 0.3) is 0 Å². The number of pyridine rings is 1. The van der Waals surface area contributed by atoms with Crippen molar-refractivity contribution in [3.05, 3.63) is 48.3 Å². The number of aromatic nitrogens is 1. The smallest absolute Gasteiger partial charge is 0.146 e. The topological polar surface area (TPSA) is 33.2 Å². The first-order chi connectivity index (χ1) is 7.31. The molecule has 1 aromatic rings. The first kappa shape index (κ1) is 9.65. The first-order valence-corrected chi connectivity index (χ1v) is 4.82. The highest BCUT2D eigenvalue weighted by Gasteiger charge is 2.17. The van der Waals surface area contributed by atoms with Crippen LogP contribution >= 0.6 is 0 Å². The molecule has 0 spiro atoms. The Labute approximate surface area is 88.7 Å². The minimum Gasteiger partial charge on any atom is -0.319 e. The Morgan fingerprint density at radius 2 is 2.33 bits per heavy atom. The quantitative estimate of drug-likeness (QED) is 0.684. The van der Waals surface area contributed by atoms with Crippen molar-refractivity contribution in [2.24, 2.45) is 0 Å². The summed E-state index contributed by atoms with van der Waals surface area (Å²) in [5.74, 6) is 0.787. The lowest BCUT2D eigenvalue weighted by Gasteiger charge is -2.26. The van der Waals surface area contributed by atoms with Gasteiger partial charge in [0.25, 0.3) is 0 Å². The summed E-state index contributed by atoms with van der Waals surface area (Å²) in [5, 5.41) is 0. The number of allylic oxidation sites excluding steroid dienone is 2. The van der Waals surface area contributed by atoms with Crippen molar-refractivity contribution >= 4 is 12.1 Å². The van der Waals surface area contributed by atoms with E-state index in [9.17, 15) is 4.79 Å². The van der Waals surface area contributed by atoms with Gasteiger partial charge >= 0.3 is 0 Å². The van der Waals surface area contributed by atoms with Crippen molar-refractivity contribution in [2.75, 3.05) is 4.90 Å². The van der Waals surface area contributed by atoms with E-state index in [-0.39, 0.29) is 6.04 Å². The fourth-order valence-electron chi connectivity index (χ4n) is 1.54. The molecule has 0 radical (unpaired) electrons. The molecule has 0 aromatic carbocycles. The maximum Gasteiger partial charge on any atom is 0.146 e. The van der Waals surface area contributed by atoms with E-state index in [1.807, 2.05) is 48.4 Å². The molecule has 3 nitrogen and oxygen atoms in total. The van der Waals surface area contributed by atoms with Gasteiger partial charge in [0.2, 0.25) is 0 Å². The fraction of sp³-hybridized carbons (Fsp3) is 0.167. The first-order valence-electron chi connectivity index (χ1n) is 4.82. The summed E-state index contributed by atoms with van der Waals surface area (Å²) in [6.45, 7) is 1.97. The maximum absolute atomic E-state index is 10.9. The predicted octanol–water partition coefficient (Wildman–Crippen LogP) is 1.93. The lowest BCUT2D eigenvalue weighted by Crippen LogP contribution is -2.32. The summed E-state index contributed by atoms with van der Waals surface area (Å²) in [6.07, 6.45) is 8.41. The van der Waals surface area contributed by atoms with Crippen molar-refractivity contribution in [1.29, 1.82) is 0 Å². The number of carbonyl (C=O) groups is 1. The summed E-state index contributed by atoms with van der Waals surface area (Å²) in [7, 11) is 0. The number of anilines is 1. The average Bonchev–Trinajstić information content (AvgIpc) is 2.30. The molecule has 0 saturated carbocycles. The molecule has 15 heavy (non-hydrogen) atoms. The van der Waals surface area contributed by atoms with Crippen molar-refractivity contribution in [3.63, 3.8) is 0 Å². The Balaban J connectivity index is 2.31. The van der Waals surface area contributed by atoms with Gasteiger partial charge in [-0.1, -0.05) is 17.7 Å². The third-order valence-electron chi connectivity index (χ3n) is 2.31. The van der Waals surface area contributed by atoms with Crippen LogP contribution in [-0.2, 0) is 4.79 Å². The van der Waals surface area contributed by atoms with Gasteiger partial charge in [0, 0.05) is 12.4 Å². The Bertz CT molecular complexity index is 409. The molecule has 0 N–H and O–H groups in total. The highest BCUT2D eigenvalue weighted by molar-refractivity contribution is 5.71. The summed E-state index contributed by atoms with van der Waals surface area (Å²) in [6, 6.07) is 5.40. The molecule has 0 saturated heterocycles. The van der Waals surface area contributed by atoms with Gasteiger partial charge in [-0.3, -0.25) is 0 Å². The zero-order chi connectivity index (χ0) is 10.7. The largest absolute Gasteiger partial charge is 0.319 e. The Morgan fingerprint density at radius 1 is 1.47 bits per heavy atom. The summed E-state index contributed by atoms with van der Waals surface area (Å²) in [4.78, 5) is 17.0. The number of hydrogen-bond acceptors (Lipinski definition) is 3. The van der Waals surface area contributed by atoms with Gasteiger partial charge in [0.1, 0.15) is 18.1 Å². The second kappa shape index (κ2) is 4.09. The minimum absolute atomic E-state index is 0.245. The van der Waals surface area contributed by atoms with Crippen molar-refractivity contribution in [3.8, 4) is 0 Å². The standard InChI is InChI=1S/C12H12N2O/c1-10-5-7-14(11(8-10)9-15)12-4-2-3-6-13-12/h2-9,11H,1H3. The van der Waals surface area contributed by atoms with E-state index in [0.717, 1.165) is 17.7 Å². The van der Waals surface area contributed by atoms with Crippen LogP contribution < -0.4 is 4.90 Å². The second-order valence-corrected chi connectivity index (χ2v) is 3.45. The van der Waals surface area contributed by atoms with Crippen LogP contribution in [0.3, 0.4) is 0 Å². The van der Waals surface area contributed by atoms with Gasteiger partial charge in [-0.05, 0) is 25.1 Å². The van der Waals surface area contributed by atoms with Gasteiger partial charge in [-0.25, -0.2) is 4.98 Å². The van der Waals surface area contributed by atoms with E-state index in [1.165, 1.54) is 0 Å². The lowest BCUT2D eigenvalue weighted by atomic mass is 10.1. The molecule has 0 fully saturated rings. The maximum atomic E-state index is 10.9.